The average Bonchev–Trinajstić information content (AvgIpc) is 2.36. The zero-order valence-corrected chi connectivity index (χ0v) is 14.7. The Morgan fingerprint density at radius 2 is 1.68 bits per heavy atom. The van der Waals surface area contributed by atoms with E-state index in [1.54, 1.807) is 0 Å². The van der Waals surface area contributed by atoms with Crippen LogP contribution in [0, 0.1) is 29.1 Å². The van der Waals surface area contributed by atoms with Crippen LogP contribution in [0.3, 0.4) is 0 Å². The Kier molecular flexibility index (Phi) is 8.27. The van der Waals surface area contributed by atoms with Crippen molar-refractivity contribution in [1.29, 1.82) is 0 Å². The Hall–Kier alpha value is -0.0400. The number of aliphatic hydroxyl groups is 1. The summed E-state index contributed by atoms with van der Waals surface area (Å²) in [6.45, 7) is 18.2. The number of rotatable bonds is 4. The largest absolute Gasteiger partial charge is 0.393 e. The highest BCUT2D eigenvalue weighted by Crippen LogP contribution is 2.52. The Morgan fingerprint density at radius 3 is 2.11 bits per heavy atom. The first-order chi connectivity index (χ1) is 8.82. The van der Waals surface area contributed by atoms with E-state index in [0.29, 0.717) is 11.3 Å². The van der Waals surface area contributed by atoms with E-state index >= 15 is 0 Å². The second-order valence-electron chi connectivity index (χ2n) is 7.00. The molecular formula is C18H38O. The van der Waals surface area contributed by atoms with Crippen LogP contribution in [0.25, 0.3) is 0 Å². The van der Waals surface area contributed by atoms with E-state index in [9.17, 15) is 5.11 Å². The lowest BCUT2D eigenvalue weighted by molar-refractivity contribution is -0.0543. The van der Waals surface area contributed by atoms with E-state index in [2.05, 4.69) is 41.5 Å². The fourth-order valence-electron chi connectivity index (χ4n) is 4.37. The van der Waals surface area contributed by atoms with E-state index in [-0.39, 0.29) is 6.10 Å². The molecule has 5 unspecified atom stereocenters. The highest BCUT2D eigenvalue weighted by Gasteiger charge is 2.45. The van der Waals surface area contributed by atoms with Gasteiger partial charge in [-0.25, -0.2) is 0 Å². The molecule has 1 fully saturated rings. The van der Waals surface area contributed by atoms with Crippen molar-refractivity contribution >= 4 is 0 Å². The molecule has 0 spiro atoms. The van der Waals surface area contributed by atoms with Crippen molar-refractivity contribution in [2.75, 3.05) is 0 Å². The Balaban J connectivity index is 0.00000154. The van der Waals surface area contributed by atoms with Crippen LogP contribution < -0.4 is 0 Å². The van der Waals surface area contributed by atoms with Crippen LogP contribution in [0.15, 0.2) is 0 Å². The number of aliphatic hydroxyl groups excluding tert-OH is 1. The molecule has 5 atom stereocenters. The molecule has 1 N–H and O–H groups in total. The Morgan fingerprint density at radius 1 is 1.16 bits per heavy atom. The van der Waals surface area contributed by atoms with Crippen molar-refractivity contribution in [3.63, 3.8) is 0 Å². The Labute approximate surface area is 122 Å². The van der Waals surface area contributed by atoms with Gasteiger partial charge >= 0.3 is 0 Å². The first-order valence-corrected chi connectivity index (χ1v) is 8.51. The van der Waals surface area contributed by atoms with Gasteiger partial charge in [0.05, 0.1) is 6.10 Å². The van der Waals surface area contributed by atoms with Gasteiger partial charge in [0, 0.05) is 0 Å². The normalized spacial score (nSPS) is 34.4. The van der Waals surface area contributed by atoms with Crippen molar-refractivity contribution in [2.24, 2.45) is 29.1 Å². The second-order valence-corrected chi connectivity index (χ2v) is 7.00. The van der Waals surface area contributed by atoms with Crippen LogP contribution in [0.2, 0.25) is 0 Å². The van der Waals surface area contributed by atoms with Crippen LogP contribution in [-0.2, 0) is 0 Å². The summed E-state index contributed by atoms with van der Waals surface area (Å²) in [6.07, 6.45) is 4.38. The maximum absolute atomic E-state index is 10.0. The summed E-state index contributed by atoms with van der Waals surface area (Å²) in [5.74, 6) is 2.94. The van der Waals surface area contributed by atoms with Gasteiger partial charge < -0.3 is 5.11 Å². The lowest BCUT2D eigenvalue weighted by Crippen LogP contribution is -2.45. The van der Waals surface area contributed by atoms with Crippen molar-refractivity contribution in [3.8, 4) is 0 Å². The first-order valence-electron chi connectivity index (χ1n) is 8.51. The molecular weight excluding hydrogens is 232 g/mol. The molecule has 116 valence electrons. The van der Waals surface area contributed by atoms with Gasteiger partial charge in [-0.2, -0.15) is 0 Å². The average molecular weight is 271 g/mol. The fourth-order valence-corrected chi connectivity index (χ4v) is 4.37. The minimum atomic E-state index is -0.0680. The molecule has 0 saturated heterocycles. The zero-order valence-electron chi connectivity index (χ0n) is 14.7. The molecule has 0 heterocycles. The molecule has 0 bridgehead atoms. The lowest BCUT2D eigenvalue weighted by Gasteiger charge is -2.51. The molecule has 0 aromatic heterocycles. The van der Waals surface area contributed by atoms with Gasteiger partial charge in [0.25, 0.3) is 0 Å². The van der Waals surface area contributed by atoms with Crippen LogP contribution in [0.4, 0.5) is 0 Å². The molecule has 0 aliphatic heterocycles. The van der Waals surface area contributed by atoms with E-state index in [4.69, 9.17) is 0 Å². The summed E-state index contributed by atoms with van der Waals surface area (Å²) in [5, 5.41) is 10.0. The molecule has 0 radical (unpaired) electrons. The lowest BCUT2D eigenvalue weighted by atomic mass is 9.55. The molecule has 0 aromatic carbocycles. The van der Waals surface area contributed by atoms with Gasteiger partial charge in [-0.15, -0.1) is 0 Å². The highest BCUT2D eigenvalue weighted by molar-refractivity contribution is 4.95. The number of hydrogen-bond acceptors (Lipinski definition) is 1. The molecule has 1 rings (SSSR count). The van der Waals surface area contributed by atoms with Crippen LogP contribution in [0.5, 0.6) is 0 Å². The minimum Gasteiger partial charge on any atom is -0.393 e. The van der Waals surface area contributed by atoms with Crippen LogP contribution in [-0.4, -0.2) is 11.2 Å². The summed E-state index contributed by atoms with van der Waals surface area (Å²) in [4.78, 5) is 0. The summed E-state index contributed by atoms with van der Waals surface area (Å²) >= 11 is 0. The smallest absolute Gasteiger partial charge is 0.0545 e. The van der Waals surface area contributed by atoms with Gasteiger partial charge in [-0.3, -0.25) is 0 Å². The van der Waals surface area contributed by atoms with Crippen LogP contribution >= 0.6 is 0 Å². The number of hydrogen-bond donors (Lipinski definition) is 1. The Bertz CT molecular complexity index is 236. The molecule has 0 aromatic rings. The topological polar surface area (TPSA) is 20.2 Å². The van der Waals surface area contributed by atoms with Gasteiger partial charge in [0.15, 0.2) is 0 Å². The molecule has 1 nitrogen and oxygen atoms in total. The summed E-state index contributed by atoms with van der Waals surface area (Å²) in [6, 6.07) is 0. The third-order valence-electron chi connectivity index (χ3n) is 5.47. The monoisotopic (exact) mass is 270 g/mol. The van der Waals surface area contributed by atoms with E-state index in [0.717, 1.165) is 30.6 Å². The molecule has 1 aliphatic carbocycles. The summed E-state index contributed by atoms with van der Waals surface area (Å²) in [7, 11) is 0. The second kappa shape index (κ2) is 8.29. The molecule has 1 saturated carbocycles. The van der Waals surface area contributed by atoms with Crippen molar-refractivity contribution in [2.45, 2.75) is 87.2 Å². The SMILES string of the molecule is CC.CCC(C)C(C(C)C)C1(C)CC(O)CCC1C. The van der Waals surface area contributed by atoms with E-state index in [1.165, 1.54) is 12.8 Å². The van der Waals surface area contributed by atoms with E-state index in [1.807, 2.05) is 13.8 Å². The van der Waals surface area contributed by atoms with Crippen molar-refractivity contribution in [1.82, 2.24) is 0 Å². The quantitative estimate of drug-likeness (QED) is 0.713. The van der Waals surface area contributed by atoms with Gasteiger partial charge in [-0.05, 0) is 48.3 Å². The molecule has 1 aliphatic rings. The maximum atomic E-state index is 10.0. The van der Waals surface area contributed by atoms with E-state index < -0.39 is 0 Å². The third-order valence-corrected chi connectivity index (χ3v) is 5.47. The molecule has 19 heavy (non-hydrogen) atoms. The molecule has 0 amide bonds. The zero-order chi connectivity index (χ0) is 15.2. The maximum Gasteiger partial charge on any atom is 0.0545 e. The third kappa shape index (κ3) is 4.48. The van der Waals surface area contributed by atoms with Gasteiger partial charge in [0.2, 0.25) is 0 Å². The van der Waals surface area contributed by atoms with Crippen molar-refractivity contribution in [3.05, 3.63) is 0 Å². The van der Waals surface area contributed by atoms with Gasteiger partial charge in [0.1, 0.15) is 0 Å². The standard InChI is InChI=1S/C16H32O.C2H6/c1-7-12(4)15(11(2)3)16(6)10-14(17)9-8-13(16)5;1-2/h11-15,17H,7-10H2,1-6H3;1-2H3. The predicted molar refractivity (Wildman–Crippen MR) is 86.3 cm³/mol. The minimum absolute atomic E-state index is 0.0680. The molecule has 1 heteroatoms. The predicted octanol–water partition coefficient (Wildman–Crippen LogP) is 5.52. The van der Waals surface area contributed by atoms with Gasteiger partial charge in [-0.1, -0.05) is 61.8 Å². The fraction of sp³-hybridized carbons (Fsp3) is 1.00. The van der Waals surface area contributed by atoms with Crippen LogP contribution in [0.1, 0.15) is 81.1 Å². The highest BCUT2D eigenvalue weighted by atomic mass is 16.3. The summed E-state index contributed by atoms with van der Waals surface area (Å²) < 4.78 is 0. The summed E-state index contributed by atoms with van der Waals surface area (Å²) in [5.41, 5.74) is 0.321. The first kappa shape index (κ1) is 19.0. The van der Waals surface area contributed by atoms with Crippen molar-refractivity contribution < 1.29 is 5.11 Å².